The third-order valence-corrected chi connectivity index (χ3v) is 4.19. The Bertz CT molecular complexity index is 294. The number of aliphatic hydroxyl groups excluding tert-OH is 1. The van der Waals surface area contributed by atoms with Crippen LogP contribution in [0.2, 0.25) is 0 Å². The third kappa shape index (κ3) is 3.46. The van der Waals surface area contributed by atoms with Crippen LogP contribution in [0.3, 0.4) is 0 Å². The lowest BCUT2D eigenvalue weighted by molar-refractivity contribution is -0.140. The van der Waals surface area contributed by atoms with Crippen molar-refractivity contribution in [2.24, 2.45) is 5.92 Å². The maximum Gasteiger partial charge on any atom is 0.230 e. The Labute approximate surface area is 115 Å². The summed E-state index contributed by atoms with van der Waals surface area (Å²) in [5.74, 6) is 0.0727. The quantitative estimate of drug-likeness (QED) is 0.702. The Kier molecular flexibility index (Phi) is 5.60. The van der Waals surface area contributed by atoms with Crippen molar-refractivity contribution < 1.29 is 14.6 Å². The van der Waals surface area contributed by atoms with Gasteiger partial charge in [0.05, 0.1) is 25.7 Å². The summed E-state index contributed by atoms with van der Waals surface area (Å²) in [6.07, 6.45) is 4.40. The van der Waals surface area contributed by atoms with Gasteiger partial charge in [-0.25, -0.2) is 0 Å². The van der Waals surface area contributed by atoms with Crippen LogP contribution >= 0.6 is 0 Å². The molecule has 0 spiro atoms. The second-order valence-electron chi connectivity index (χ2n) is 5.54. The van der Waals surface area contributed by atoms with Gasteiger partial charge >= 0.3 is 0 Å². The molecule has 2 atom stereocenters. The molecule has 5 nitrogen and oxygen atoms in total. The zero-order valence-corrected chi connectivity index (χ0v) is 11.8. The molecule has 1 aliphatic carbocycles. The van der Waals surface area contributed by atoms with Crippen LogP contribution in [0.25, 0.3) is 0 Å². The summed E-state index contributed by atoms with van der Waals surface area (Å²) in [5.41, 5.74) is 0. The van der Waals surface area contributed by atoms with E-state index in [0.717, 1.165) is 25.8 Å². The predicted octanol–water partition coefficient (Wildman–Crippen LogP) is 0.374. The van der Waals surface area contributed by atoms with Crippen molar-refractivity contribution in [1.29, 1.82) is 0 Å². The summed E-state index contributed by atoms with van der Waals surface area (Å²) in [4.78, 5) is 14.5. The van der Waals surface area contributed by atoms with E-state index in [9.17, 15) is 4.79 Å². The van der Waals surface area contributed by atoms with E-state index in [1.807, 2.05) is 4.90 Å². The predicted molar refractivity (Wildman–Crippen MR) is 72.8 cm³/mol. The molecule has 0 aromatic rings. The van der Waals surface area contributed by atoms with Crippen LogP contribution in [0.15, 0.2) is 0 Å². The lowest BCUT2D eigenvalue weighted by Gasteiger charge is -2.39. The van der Waals surface area contributed by atoms with Gasteiger partial charge in [-0.3, -0.25) is 4.79 Å². The first-order chi connectivity index (χ1) is 9.27. The first kappa shape index (κ1) is 14.8. The van der Waals surface area contributed by atoms with Gasteiger partial charge in [-0.1, -0.05) is 6.92 Å². The van der Waals surface area contributed by atoms with Crippen LogP contribution in [-0.2, 0) is 9.53 Å². The summed E-state index contributed by atoms with van der Waals surface area (Å²) in [6.45, 7) is 4.67. The Balaban J connectivity index is 1.94. The molecule has 2 unspecified atom stereocenters. The van der Waals surface area contributed by atoms with Gasteiger partial charge < -0.3 is 20.1 Å². The van der Waals surface area contributed by atoms with Gasteiger partial charge in [0, 0.05) is 18.6 Å². The molecule has 5 heteroatoms. The van der Waals surface area contributed by atoms with Gasteiger partial charge in [0.1, 0.15) is 0 Å². The monoisotopic (exact) mass is 270 g/mol. The zero-order chi connectivity index (χ0) is 13.7. The van der Waals surface area contributed by atoms with Gasteiger partial charge in [-0.2, -0.15) is 0 Å². The first-order valence-electron chi connectivity index (χ1n) is 7.50. The smallest absolute Gasteiger partial charge is 0.230 e. The zero-order valence-electron chi connectivity index (χ0n) is 11.8. The van der Waals surface area contributed by atoms with Crippen LogP contribution in [0, 0.1) is 5.92 Å². The number of ether oxygens (including phenoxy) is 1. The van der Waals surface area contributed by atoms with Crippen molar-refractivity contribution >= 4 is 5.91 Å². The van der Waals surface area contributed by atoms with E-state index in [2.05, 4.69) is 12.2 Å². The summed E-state index contributed by atoms with van der Waals surface area (Å²) < 4.78 is 5.48. The van der Waals surface area contributed by atoms with Crippen LogP contribution in [0.1, 0.15) is 32.6 Å². The van der Waals surface area contributed by atoms with Crippen LogP contribution in [0.5, 0.6) is 0 Å². The van der Waals surface area contributed by atoms with Crippen molar-refractivity contribution in [3.05, 3.63) is 0 Å². The molecule has 19 heavy (non-hydrogen) atoms. The topological polar surface area (TPSA) is 61.8 Å². The number of aliphatic hydroxyl groups is 1. The van der Waals surface area contributed by atoms with E-state index >= 15 is 0 Å². The van der Waals surface area contributed by atoms with Gasteiger partial charge in [-0.05, 0) is 32.2 Å². The van der Waals surface area contributed by atoms with Gasteiger partial charge in [0.2, 0.25) is 5.91 Å². The van der Waals surface area contributed by atoms with Crippen LogP contribution < -0.4 is 5.32 Å². The Hall–Kier alpha value is -0.650. The maximum absolute atomic E-state index is 12.6. The number of carbonyl (C=O) groups is 1. The highest BCUT2D eigenvalue weighted by atomic mass is 16.5. The first-order valence-corrected chi connectivity index (χ1v) is 7.50. The number of rotatable bonds is 7. The number of hydrogen-bond acceptors (Lipinski definition) is 4. The highest BCUT2D eigenvalue weighted by Gasteiger charge is 2.39. The lowest BCUT2D eigenvalue weighted by atomic mass is 9.89. The molecule has 1 saturated heterocycles. The van der Waals surface area contributed by atoms with Crippen molar-refractivity contribution in [3.8, 4) is 0 Å². The third-order valence-electron chi connectivity index (χ3n) is 4.19. The number of hydrogen-bond donors (Lipinski definition) is 2. The van der Waals surface area contributed by atoms with Gasteiger partial charge in [0.25, 0.3) is 0 Å². The fourth-order valence-corrected chi connectivity index (χ4v) is 2.82. The molecule has 1 amide bonds. The Morgan fingerprint density at radius 3 is 2.79 bits per heavy atom. The summed E-state index contributed by atoms with van der Waals surface area (Å²) in [5, 5.41) is 12.6. The summed E-state index contributed by atoms with van der Waals surface area (Å²) in [7, 11) is 0. The van der Waals surface area contributed by atoms with E-state index < -0.39 is 0 Å². The molecule has 0 radical (unpaired) electrons. The highest BCUT2D eigenvalue weighted by molar-refractivity contribution is 5.80. The standard InChI is InChI=1S/C14H26N2O3/c1-2-6-15-13-10-19-9-12(13)14(18)16(7-8-17)11-4-3-5-11/h11-13,15,17H,2-10H2,1H3. The molecular weight excluding hydrogens is 244 g/mol. The molecule has 0 bridgehead atoms. The van der Waals surface area contributed by atoms with E-state index in [-0.39, 0.29) is 24.5 Å². The Morgan fingerprint density at radius 1 is 1.42 bits per heavy atom. The van der Waals surface area contributed by atoms with Gasteiger partial charge in [0.15, 0.2) is 0 Å². The summed E-state index contributed by atoms with van der Waals surface area (Å²) in [6, 6.07) is 0.473. The molecule has 1 saturated carbocycles. The molecule has 110 valence electrons. The fraction of sp³-hybridized carbons (Fsp3) is 0.929. The van der Waals surface area contributed by atoms with E-state index in [1.165, 1.54) is 6.42 Å². The molecule has 0 aromatic carbocycles. The average Bonchev–Trinajstić information content (AvgIpc) is 2.81. The minimum Gasteiger partial charge on any atom is -0.395 e. The minimum absolute atomic E-state index is 0.0445. The second kappa shape index (κ2) is 7.22. The van der Waals surface area contributed by atoms with E-state index in [1.54, 1.807) is 0 Å². The number of nitrogens with one attached hydrogen (secondary N) is 1. The van der Waals surface area contributed by atoms with Crippen LogP contribution in [0.4, 0.5) is 0 Å². The molecule has 2 rings (SSSR count). The molecular formula is C14H26N2O3. The summed E-state index contributed by atoms with van der Waals surface area (Å²) >= 11 is 0. The minimum atomic E-state index is -0.0845. The number of nitrogens with zero attached hydrogens (tertiary/aromatic N) is 1. The number of amides is 1. The lowest BCUT2D eigenvalue weighted by Crippen LogP contribution is -2.52. The van der Waals surface area contributed by atoms with Crippen molar-refractivity contribution in [2.75, 3.05) is 32.9 Å². The van der Waals surface area contributed by atoms with Crippen molar-refractivity contribution in [2.45, 2.75) is 44.7 Å². The molecule has 2 aliphatic rings. The molecule has 0 aromatic heterocycles. The van der Waals surface area contributed by atoms with E-state index in [0.29, 0.717) is 25.8 Å². The number of carbonyl (C=O) groups excluding carboxylic acids is 1. The normalized spacial score (nSPS) is 27.3. The fourth-order valence-electron chi connectivity index (χ4n) is 2.82. The SMILES string of the molecule is CCCNC1COCC1C(=O)N(CCO)C1CCC1. The van der Waals surface area contributed by atoms with E-state index in [4.69, 9.17) is 9.84 Å². The molecule has 1 aliphatic heterocycles. The second-order valence-corrected chi connectivity index (χ2v) is 5.54. The van der Waals surface area contributed by atoms with Gasteiger partial charge in [-0.15, -0.1) is 0 Å². The Morgan fingerprint density at radius 2 is 2.21 bits per heavy atom. The van der Waals surface area contributed by atoms with Crippen molar-refractivity contribution in [1.82, 2.24) is 10.2 Å². The molecule has 2 fully saturated rings. The largest absolute Gasteiger partial charge is 0.395 e. The average molecular weight is 270 g/mol. The maximum atomic E-state index is 12.6. The highest BCUT2D eigenvalue weighted by Crippen LogP contribution is 2.27. The van der Waals surface area contributed by atoms with Crippen LogP contribution in [-0.4, -0.2) is 60.9 Å². The van der Waals surface area contributed by atoms with Crippen molar-refractivity contribution in [3.63, 3.8) is 0 Å². The molecule has 1 heterocycles. The molecule has 2 N–H and O–H groups in total.